The Bertz CT molecular complexity index is 655. The van der Waals surface area contributed by atoms with Crippen LogP contribution in [0.3, 0.4) is 0 Å². The van der Waals surface area contributed by atoms with Gasteiger partial charge >= 0.3 is 5.97 Å². The minimum absolute atomic E-state index is 0.347. The highest BCUT2D eigenvalue weighted by molar-refractivity contribution is 5.93. The van der Waals surface area contributed by atoms with E-state index in [-0.39, 0.29) is 5.56 Å². The van der Waals surface area contributed by atoms with Crippen LogP contribution in [0.2, 0.25) is 0 Å². The summed E-state index contributed by atoms with van der Waals surface area (Å²) in [6, 6.07) is 3.93. The number of aromatic carboxylic acids is 1. The van der Waals surface area contributed by atoms with Crippen molar-refractivity contribution in [3.05, 3.63) is 45.3 Å². The van der Waals surface area contributed by atoms with Crippen molar-refractivity contribution in [3.8, 4) is 11.1 Å². The minimum atomic E-state index is -1.34. The Morgan fingerprint density at radius 1 is 1.42 bits per heavy atom. The number of hydrogen-bond donors (Lipinski definition) is 1. The van der Waals surface area contributed by atoms with E-state index in [0.717, 1.165) is 0 Å². The zero-order valence-electron chi connectivity index (χ0n) is 10.2. The van der Waals surface area contributed by atoms with Crippen LogP contribution in [0.4, 0.5) is 5.69 Å². The molecule has 0 bridgehead atoms. The summed E-state index contributed by atoms with van der Waals surface area (Å²) in [5, 5.41) is 23.6. The molecule has 0 aliphatic rings. The number of carboxylic acids is 1. The van der Waals surface area contributed by atoms with Gasteiger partial charge in [0, 0.05) is 11.6 Å². The normalized spacial score (nSPS) is 10.4. The second kappa shape index (κ2) is 4.52. The van der Waals surface area contributed by atoms with Crippen LogP contribution < -0.4 is 0 Å². The van der Waals surface area contributed by atoms with E-state index >= 15 is 0 Å². The molecule has 2 aromatic rings. The first kappa shape index (κ1) is 12.7. The lowest BCUT2D eigenvalue weighted by molar-refractivity contribution is -0.385. The number of benzene rings is 1. The summed E-state index contributed by atoms with van der Waals surface area (Å²) in [7, 11) is 0. The summed E-state index contributed by atoms with van der Waals surface area (Å²) < 4.78 is 4.99. The second-order valence-electron chi connectivity index (χ2n) is 3.99. The van der Waals surface area contributed by atoms with Gasteiger partial charge in [-0.25, -0.2) is 4.79 Å². The number of carboxylic acid groups (broad SMARTS) is 1. The van der Waals surface area contributed by atoms with E-state index in [1.165, 1.54) is 18.2 Å². The first-order valence-electron chi connectivity index (χ1n) is 5.36. The SMILES string of the molecule is Cc1noc(C)c1-c1ccc(C(=O)O)c([N+](=O)[O-])c1. The molecule has 7 nitrogen and oxygen atoms in total. The fourth-order valence-electron chi connectivity index (χ4n) is 1.91. The van der Waals surface area contributed by atoms with Crippen molar-refractivity contribution in [2.45, 2.75) is 13.8 Å². The molecule has 1 aromatic heterocycles. The number of aryl methyl sites for hydroxylation is 2. The molecule has 0 saturated heterocycles. The smallest absolute Gasteiger partial charge is 0.342 e. The number of hydrogen-bond acceptors (Lipinski definition) is 5. The average Bonchev–Trinajstić information content (AvgIpc) is 2.68. The van der Waals surface area contributed by atoms with Gasteiger partial charge in [0.1, 0.15) is 11.3 Å². The van der Waals surface area contributed by atoms with Gasteiger partial charge in [-0.15, -0.1) is 0 Å². The molecule has 0 aliphatic heterocycles. The molecule has 0 unspecified atom stereocenters. The molecule has 0 fully saturated rings. The lowest BCUT2D eigenvalue weighted by atomic mass is 10.0. The van der Waals surface area contributed by atoms with Gasteiger partial charge in [0.2, 0.25) is 0 Å². The quantitative estimate of drug-likeness (QED) is 0.672. The first-order chi connectivity index (χ1) is 8.91. The molecular formula is C12H10N2O5. The average molecular weight is 262 g/mol. The highest BCUT2D eigenvalue weighted by atomic mass is 16.6. The standard InChI is InChI=1S/C12H10N2O5/c1-6-11(7(2)19-13-6)8-3-4-9(12(15)16)10(5-8)14(17)18/h3-5H,1-2H3,(H,15,16). The number of aromatic nitrogens is 1. The van der Waals surface area contributed by atoms with Crippen LogP contribution in [0.1, 0.15) is 21.8 Å². The summed E-state index contributed by atoms with van der Waals surface area (Å²) in [4.78, 5) is 21.1. The van der Waals surface area contributed by atoms with Gasteiger partial charge in [0.05, 0.1) is 10.6 Å². The molecule has 2 rings (SSSR count). The molecule has 1 N–H and O–H groups in total. The molecule has 0 saturated carbocycles. The van der Waals surface area contributed by atoms with E-state index in [1.807, 2.05) is 0 Å². The van der Waals surface area contributed by atoms with Crippen LogP contribution in [0.25, 0.3) is 11.1 Å². The summed E-state index contributed by atoms with van der Waals surface area (Å²) in [6.45, 7) is 3.40. The van der Waals surface area contributed by atoms with Crippen molar-refractivity contribution in [3.63, 3.8) is 0 Å². The fraction of sp³-hybridized carbons (Fsp3) is 0.167. The number of rotatable bonds is 3. The molecule has 0 amide bonds. The Morgan fingerprint density at radius 3 is 2.58 bits per heavy atom. The van der Waals surface area contributed by atoms with E-state index in [4.69, 9.17) is 9.63 Å². The lowest BCUT2D eigenvalue weighted by Gasteiger charge is -2.03. The Labute approximate surface area is 107 Å². The third-order valence-electron chi connectivity index (χ3n) is 2.75. The number of nitro benzene ring substituents is 1. The van der Waals surface area contributed by atoms with E-state index in [0.29, 0.717) is 22.6 Å². The van der Waals surface area contributed by atoms with Crippen LogP contribution in [-0.2, 0) is 0 Å². The third kappa shape index (κ3) is 2.17. The molecule has 7 heteroatoms. The summed E-state index contributed by atoms with van der Waals surface area (Å²) in [6.07, 6.45) is 0. The molecule has 1 aromatic carbocycles. The lowest BCUT2D eigenvalue weighted by Crippen LogP contribution is -2.02. The highest BCUT2D eigenvalue weighted by Crippen LogP contribution is 2.31. The van der Waals surface area contributed by atoms with Crippen molar-refractivity contribution in [1.82, 2.24) is 5.16 Å². The third-order valence-corrected chi connectivity index (χ3v) is 2.75. The minimum Gasteiger partial charge on any atom is -0.477 e. The highest BCUT2D eigenvalue weighted by Gasteiger charge is 2.22. The molecule has 0 atom stereocenters. The van der Waals surface area contributed by atoms with Crippen LogP contribution in [0, 0.1) is 24.0 Å². The number of nitrogens with zero attached hydrogens (tertiary/aromatic N) is 2. The van der Waals surface area contributed by atoms with E-state index in [2.05, 4.69) is 5.16 Å². The summed E-state index contributed by atoms with van der Waals surface area (Å²) in [5.74, 6) is -0.813. The van der Waals surface area contributed by atoms with Crippen LogP contribution in [0.15, 0.2) is 22.7 Å². The Balaban J connectivity index is 2.65. The zero-order chi connectivity index (χ0) is 14.2. The van der Waals surface area contributed by atoms with Crippen molar-refractivity contribution in [2.75, 3.05) is 0 Å². The van der Waals surface area contributed by atoms with E-state index in [9.17, 15) is 14.9 Å². The summed E-state index contributed by atoms with van der Waals surface area (Å²) >= 11 is 0. The van der Waals surface area contributed by atoms with Crippen LogP contribution in [-0.4, -0.2) is 21.2 Å². The van der Waals surface area contributed by atoms with Gasteiger partial charge in [0.25, 0.3) is 5.69 Å². The van der Waals surface area contributed by atoms with Gasteiger partial charge in [-0.3, -0.25) is 10.1 Å². The van der Waals surface area contributed by atoms with Gasteiger partial charge in [0.15, 0.2) is 0 Å². The molecule has 98 valence electrons. The molecule has 0 radical (unpaired) electrons. The van der Waals surface area contributed by atoms with Gasteiger partial charge in [-0.2, -0.15) is 0 Å². The van der Waals surface area contributed by atoms with Crippen molar-refractivity contribution in [1.29, 1.82) is 0 Å². The number of nitro groups is 1. The first-order valence-corrected chi connectivity index (χ1v) is 5.36. The molecule has 0 spiro atoms. The van der Waals surface area contributed by atoms with Crippen molar-refractivity contribution < 1.29 is 19.3 Å². The van der Waals surface area contributed by atoms with Crippen molar-refractivity contribution >= 4 is 11.7 Å². The predicted molar refractivity (Wildman–Crippen MR) is 65.0 cm³/mol. The predicted octanol–water partition coefficient (Wildman–Crippen LogP) is 2.56. The molecule has 0 aliphatic carbocycles. The maximum absolute atomic E-state index is 10.9. The summed E-state index contributed by atoms with van der Waals surface area (Å²) in [5.41, 5.74) is 0.938. The molecular weight excluding hydrogens is 252 g/mol. The maximum Gasteiger partial charge on any atom is 0.342 e. The zero-order valence-corrected chi connectivity index (χ0v) is 10.2. The van der Waals surface area contributed by atoms with Gasteiger partial charge < -0.3 is 9.63 Å². The Kier molecular flexibility index (Phi) is 3.04. The van der Waals surface area contributed by atoms with Gasteiger partial charge in [-0.05, 0) is 25.5 Å². The Morgan fingerprint density at radius 2 is 2.11 bits per heavy atom. The van der Waals surface area contributed by atoms with E-state index < -0.39 is 16.6 Å². The van der Waals surface area contributed by atoms with Crippen LogP contribution in [0.5, 0.6) is 0 Å². The van der Waals surface area contributed by atoms with Crippen LogP contribution >= 0.6 is 0 Å². The Hall–Kier alpha value is -2.70. The molecule has 19 heavy (non-hydrogen) atoms. The van der Waals surface area contributed by atoms with E-state index in [1.54, 1.807) is 13.8 Å². The fourth-order valence-corrected chi connectivity index (χ4v) is 1.91. The topological polar surface area (TPSA) is 106 Å². The second-order valence-corrected chi connectivity index (χ2v) is 3.99. The monoisotopic (exact) mass is 262 g/mol. The van der Waals surface area contributed by atoms with Gasteiger partial charge in [-0.1, -0.05) is 11.2 Å². The number of carbonyl (C=O) groups is 1. The largest absolute Gasteiger partial charge is 0.477 e. The van der Waals surface area contributed by atoms with Crippen molar-refractivity contribution in [2.24, 2.45) is 0 Å². The molecule has 1 heterocycles. The maximum atomic E-state index is 10.9.